The minimum absolute atomic E-state index is 0.742. The van der Waals surface area contributed by atoms with Gasteiger partial charge in [0.15, 0.2) is 0 Å². The van der Waals surface area contributed by atoms with Gasteiger partial charge in [0, 0.05) is 34.6 Å². The van der Waals surface area contributed by atoms with Gasteiger partial charge in [-0.3, -0.25) is 4.98 Å². The Morgan fingerprint density at radius 3 is 2.88 bits per heavy atom. The molecule has 5 nitrogen and oxygen atoms in total. The van der Waals surface area contributed by atoms with Gasteiger partial charge in [0.1, 0.15) is 0 Å². The molecule has 3 heterocycles. The quantitative estimate of drug-likeness (QED) is 0.536. The van der Waals surface area contributed by atoms with Crippen LogP contribution in [0.25, 0.3) is 27.4 Å². The average Bonchev–Trinajstić information content (AvgIpc) is 3.26. The lowest BCUT2D eigenvalue weighted by atomic mass is 10.1. The number of aryl methyl sites for hydroxylation is 1. The highest BCUT2D eigenvalue weighted by atomic mass is 15.4. The lowest BCUT2D eigenvalue weighted by Crippen LogP contribution is -1.97. The molecule has 0 atom stereocenters. The second-order valence-corrected chi connectivity index (χ2v) is 6.58. The maximum absolute atomic E-state index is 4.35. The molecular weight excluding hydrogens is 322 g/mol. The van der Waals surface area contributed by atoms with Crippen LogP contribution in [0.1, 0.15) is 17.0 Å². The van der Waals surface area contributed by atoms with Gasteiger partial charge in [0.05, 0.1) is 23.8 Å². The van der Waals surface area contributed by atoms with Crippen LogP contribution in [0.5, 0.6) is 0 Å². The third kappa shape index (κ3) is 2.54. The number of rotatable bonds is 3. The molecule has 0 aliphatic rings. The van der Waals surface area contributed by atoms with Crippen LogP contribution >= 0.6 is 0 Å². The molecule has 0 aliphatic heterocycles. The van der Waals surface area contributed by atoms with Gasteiger partial charge in [0.2, 0.25) is 0 Å². The molecule has 26 heavy (non-hydrogen) atoms. The average molecular weight is 339 g/mol. The van der Waals surface area contributed by atoms with Crippen LogP contribution in [0.15, 0.2) is 67.1 Å². The van der Waals surface area contributed by atoms with Crippen LogP contribution in [0, 0.1) is 6.92 Å². The van der Waals surface area contributed by atoms with Gasteiger partial charge in [-0.1, -0.05) is 41.6 Å². The molecule has 0 bridgehead atoms. The van der Waals surface area contributed by atoms with Crippen molar-refractivity contribution in [2.24, 2.45) is 0 Å². The van der Waals surface area contributed by atoms with Crippen molar-refractivity contribution >= 4 is 21.7 Å². The van der Waals surface area contributed by atoms with E-state index >= 15 is 0 Å². The number of nitrogens with one attached hydrogen (secondary N) is 1. The van der Waals surface area contributed by atoms with Crippen molar-refractivity contribution in [3.05, 3.63) is 84.1 Å². The summed E-state index contributed by atoms with van der Waals surface area (Å²) in [5, 5.41) is 12.1. The molecule has 5 aromatic rings. The minimum Gasteiger partial charge on any atom is -0.359 e. The summed E-state index contributed by atoms with van der Waals surface area (Å²) in [6.45, 7) is 2.07. The van der Waals surface area contributed by atoms with E-state index in [1.807, 2.05) is 35.4 Å². The van der Waals surface area contributed by atoms with Gasteiger partial charge in [-0.2, -0.15) is 0 Å². The Morgan fingerprint density at radius 1 is 1.00 bits per heavy atom. The van der Waals surface area contributed by atoms with E-state index in [1.54, 1.807) is 0 Å². The molecule has 0 radical (unpaired) electrons. The monoisotopic (exact) mass is 339 g/mol. The molecular formula is C21H17N5. The summed E-state index contributed by atoms with van der Waals surface area (Å²) in [5.74, 6) is 0. The first kappa shape index (κ1) is 14.8. The maximum Gasteiger partial charge on any atom is 0.0925 e. The highest BCUT2D eigenvalue weighted by Gasteiger charge is 2.08. The molecule has 0 fully saturated rings. The molecule has 126 valence electrons. The first-order chi connectivity index (χ1) is 12.8. The number of nitrogens with zero attached hydrogens (tertiary/aromatic N) is 4. The zero-order valence-corrected chi connectivity index (χ0v) is 14.3. The molecule has 0 spiro atoms. The fourth-order valence-corrected chi connectivity index (χ4v) is 3.42. The molecule has 0 unspecified atom stereocenters. The lowest BCUT2D eigenvalue weighted by molar-refractivity contribution is 0.800. The van der Waals surface area contributed by atoms with Gasteiger partial charge in [0.25, 0.3) is 0 Å². The fourth-order valence-electron chi connectivity index (χ4n) is 3.42. The smallest absolute Gasteiger partial charge is 0.0925 e. The number of hydrogen-bond donors (Lipinski definition) is 1. The van der Waals surface area contributed by atoms with Crippen LogP contribution in [0.4, 0.5) is 0 Å². The number of H-pyrrole nitrogens is 1. The highest BCUT2D eigenvalue weighted by Crippen LogP contribution is 2.21. The Bertz CT molecular complexity index is 1230. The molecule has 5 heteroatoms. The van der Waals surface area contributed by atoms with Crippen molar-refractivity contribution in [1.29, 1.82) is 0 Å². The summed E-state index contributed by atoms with van der Waals surface area (Å²) in [4.78, 5) is 7.71. The maximum atomic E-state index is 4.35. The Labute approximate surface area is 150 Å². The third-order valence-corrected chi connectivity index (χ3v) is 4.64. The topological polar surface area (TPSA) is 59.4 Å². The summed E-state index contributed by atoms with van der Waals surface area (Å²) in [7, 11) is 0. The standard InChI is InChI=1S/C21H17N5/c1-14-8-16-7-6-15(10-20(16)23-14)9-18-13-26(25-24-18)21-12-22-11-17-4-2-3-5-19(17)21/h2-8,10-13,23H,9H2,1H3. The molecule has 0 saturated carbocycles. The molecule has 0 saturated heterocycles. The molecule has 5 rings (SSSR count). The van der Waals surface area contributed by atoms with Gasteiger partial charge >= 0.3 is 0 Å². The largest absolute Gasteiger partial charge is 0.359 e. The summed E-state index contributed by atoms with van der Waals surface area (Å²) in [5.41, 5.74) is 5.41. The van der Waals surface area contributed by atoms with E-state index in [1.165, 1.54) is 16.6 Å². The van der Waals surface area contributed by atoms with E-state index in [4.69, 9.17) is 0 Å². The van der Waals surface area contributed by atoms with Gasteiger partial charge in [-0.15, -0.1) is 5.10 Å². The number of benzene rings is 2. The second-order valence-electron chi connectivity index (χ2n) is 6.58. The van der Waals surface area contributed by atoms with E-state index < -0.39 is 0 Å². The lowest BCUT2D eigenvalue weighted by Gasteiger charge is -2.04. The van der Waals surface area contributed by atoms with Crippen molar-refractivity contribution < 1.29 is 0 Å². The van der Waals surface area contributed by atoms with Crippen LogP contribution in [-0.2, 0) is 6.42 Å². The Morgan fingerprint density at radius 2 is 1.92 bits per heavy atom. The van der Waals surface area contributed by atoms with Gasteiger partial charge < -0.3 is 4.98 Å². The SMILES string of the molecule is Cc1cc2ccc(Cc3cn(-c4cncc5ccccc45)nn3)cc2[nH]1. The first-order valence-electron chi connectivity index (χ1n) is 8.59. The molecule has 2 aromatic carbocycles. The molecule has 0 amide bonds. The van der Waals surface area contributed by atoms with Crippen molar-refractivity contribution in [3.63, 3.8) is 0 Å². The van der Waals surface area contributed by atoms with Gasteiger partial charge in [-0.25, -0.2) is 4.68 Å². The van der Waals surface area contributed by atoms with Crippen LogP contribution in [-0.4, -0.2) is 25.0 Å². The zero-order valence-electron chi connectivity index (χ0n) is 14.3. The zero-order chi connectivity index (χ0) is 17.5. The van der Waals surface area contributed by atoms with Crippen LogP contribution in [0.3, 0.4) is 0 Å². The van der Waals surface area contributed by atoms with E-state index in [0.717, 1.165) is 34.1 Å². The van der Waals surface area contributed by atoms with E-state index in [2.05, 4.69) is 63.6 Å². The number of pyridine rings is 1. The van der Waals surface area contributed by atoms with Crippen molar-refractivity contribution in [2.45, 2.75) is 13.3 Å². The first-order valence-corrected chi connectivity index (χ1v) is 8.59. The van der Waals surface area contributed by atoms with Crippen molar-refractivity contribution in [2.75, 3.05) is 0 Å². The number of fused-ring (bicyclic) bond motifs is 2. The van der Waals surface area contributed by atoms with Crippen LogP contribution in [0.2, 0.25) is 0 Å². The Balaban J connectivity index is 1.49. The predicted molar refractivity (Wildman–Crippen MR) is 103 cm³/mol. The third-order valence-electron chi connectivity index (χ3n) is 4.64. The van der Waals surface area contributed by atoms with E-state index in [9.17, 15) is 0 Å². The summed E-state index contributed by atoms with van der Waals surface area (Å²) in [6, 6.07) is 16.8. The number of hydrogen-bond acceptors (Lipinski definition) is 3. The predicted octanol–water partition coefficient (Wildman–Crippen LogP) is 4.20. The summed E-state index contributed by atoms with van der Waals surface area (Å²) >= 11 is 0. The Hall–Kier alpha value is -3.47. The molecule has 1 N–H and O–H groups in total. The molecule has 0 aliphatic carbocycles. The Kier molecular flexibility index (Phi) is 3.31. The van der Waals surface area contributed by atoms with Crippen LogP contribution < -0.4 is 0 Å². The number of aromatic nitrogens is 5. The minimum atomic E-state index is 0.742. The van der Waals surface area contributed by atoms with Gasteiger partial charge in [-0.05, 0) is 30.0 Å². The van der Waals surface area contributed by atoms with E-state index in [0.29, 0.717) is 0 Å². The van der Waals surface area contributed by atoms with Crippen molar-refractivity contribution in [3.8, 4) is 5.69 Å². The summed E-state index contributed by atoms with van der Waals surface area (Å²) in [6.07, 6.45) is 6.42. The summed E-state index contributed by atoms with van der Waals surface area (Å²) < 4.78 is 1.81. The molecule has 3 aromatic heterocycles. The number of aromatic amines is 1. The second kappa shape index (κ2) is 5.81. The fraction of sp³-hybridized carbons (Fsp3) is 0.0952. The highest BCUT2D eigenvalue weighted by molar-refractivity contribution is 5.88. The normalized spacial score (nSPS) is 11.4. The van der Waals surface area contributed by atoms with E-state index in [-0.39, 0.29) is 0 Å². The van der Waals surface area contributed by atoms with Crippen molar-refractivity contribution in [1.82, 2.24) is 25.0 Å².